The first-order valence-corrected chi connectivity index (χ1v) is 8.30. The lowest BCUT2D eigenvalue weighted by Gasteiger charge is -2.42. The van der Waals surface area contributed by atoms with Crippen molar-refractivity contribution in [2.24, 2.45) is 11.8 Å². The molecule has 2 unspecified atom stereocenters. The van der Waals surface area contributed by atoms with Gasteiger partial charge < -0.3 is 4.90 Å². The lowest BCUT2D eigenvalue weighted by Crippen LogP contribution is -2.42. The van der Waals surface area contributed by atoms with Crippen LogP contribution in [-0.4, -0.2) is 18.0 Å². The molecule has 0 spiro atoms. The van der Waals surface area contributed by atoms with Crippen molar-refractivity contribution >= 4 is 23.0 Å². The summed E-state index contributed by atoms with van der Waals surface area (Å²) >= 11 is 5.80. The van der Waals surface area contributed by atoms with Crippen LogP contribution < -0.4 is 4.90 Å². The molecule has 1 heterocycles. The van der Waals surface area contributed by atoms with Crippen LogP contribution in [0.2, 0.25) is 0 Å². The maximum Gasteiger partial charge on any atom is 0.292 e. The highest BCUT2D eigenvalue weighted by molar-refractivity contribution is 6.17. The van der Waals surface area contributed by atoms with E-state index in [0.29, 0.717) is 11.8 Å². The number of nitro groups is 1. The third-order valence-electron chi connectivity index (χ3n) is 5.02. The van der Waals surface area contributed by atoms with Crippen molar-refractivity contribution in [2.45, 2.75) is 38.0 Å². The van der Waals surface area contributed by atoms with Gasteiger partial charge in [-0.05, 0) is 36.3 Å². The van der Waals surface area contributed by atoms with Gasteiger partial charge in [0.15, 0.2) is 0 Å². The minimum Gasteiger partial charge on any atom is -0.366 e. The lowest BCUT2D eigenvalue weighted by atomic mass is 9.75. The number of alkyl halides is 1. The van der Waals surface area contributed by atoms with Crippen LogP contribution in [0.15, 0.2) is 18.2 Å². The highest BCUT2D eigenvalue weighted by atomic mass is 35.5. The van der Waals surface area contributed by atoms with Crippen molar-refractivity contribution in [3.05, 3.63) is 33.9 Å². The van der Waals surface area contributed by atoms with E-state index in [1.807, 2.05) is 12.1 Å². The molecule has 1 saturated heterocycles. The summed E-state index contributed by atoms with van der Waals surface area (Å²) < 4.78 is 0. The molecule has 1 aromatic rings. The van der Waals surface area contributed by atoms with Crippen molar-refractivity contribution < 1.29 is 4.92 Å². The van der Waals surface area contributed by atoms with E-state index in [0.717, 1.165) is 30.3 Å². The predicted octanol–water partition coefficient (Wildman–Crippen LogP) is 4.35. The van der Waals surface area contributed by atoms with Crippen molar-refractivity contribution in [3.63, 3.8) is 0 Å². The van der Waals surface area contributed by atoms with Crippen LogP contribution in [-0.2, 0) is 5.88 Å². The third-order valence-corrected chi connectivity index (χ3v) is 5.33. The summed E-state index contributed by atoms with van der Waals surface area (Å²) in [5, 5.41) is 11.4. The normalized spacial score (nSPS) is 25.5. The van der Waals surface area contributed by atoms with Gasteiger partial charge in [0.2, 0.25) is 0 Å². The van der Waals surface area contributed by atoms with Crippen LogP contribution in [0.5, 0.6) is 0 Å². The van der Waals surface area contributed by atoms with E-state index < -0.39 is 0 Å². The number of hydrogen-bond donors (Lipinski definition) is 0. The van der Waals surface area contributed by atoms with Crippen LogP contribution in [0.25, 0.3) is 0 Å². The fourth-order valence-corrected chi connectivity index (χ4v) is 4.05. The monoisotopic (exact) mass is 308 g/mol. The molecule has 5 heteroatoms. The maximum atomic E-state index is 11.4. The zero-order valence-electron chi connectivity index (χ0n) is 12.1. The Morgan fingerprint density at radius 1 is 1.24 bits per heavy atom. The van der Waals surface area contributed by atoms with E-state index >= 15 is 0 Å². The van der Waals surface area contributed by atoms with Gasteiger partial charge in [-0.15, -0.1) is 11.6 Å². The molecule has 4 nitrogen and oxygen atoms in total. The minimum absolute atomic E-state index is 0.197. The molecule has 0 bridgehead atoms. The molecule has 114 valence electrons. The first kappa shape index (κ1) is 14.6. The summed E-state index contributed by atoms with van der Waals surface area (Å²) in [5.41, 5.74) is 1.76. The fourth-order valence-electron chi connectivity index (χ4n) is 3.89. The van der Waals surface area contributed by atoms with Gasteiger partial charge in [-0.1, -0.05) is 25.3 Å². The highest BCUT2D eigenvalue weighted by Gasteiger charge is 2.33. The smallest absolute Gasteiger partial charge is 0.292 e. The summed E-state index contributed by atoms with van der Waals surface area (Å²) in [5.74, 6) is 1.85. The average molecular weight is 309 g/mol. The molecule has 0 N–H and O–H groups in total. The molecule has 1 saturated carbocycles. The highest BCUT2D eigenvalue weighted by Crippen LogP contribution is 2.39. The number of rotatable bonds is 3. The van der Waals surface area contributed by atoms with E-state index in [9.17, 15) is 10.1 Å². The Morgan fingerprint density at radius 2 is 2.00 bits per heavy atom. The molecule has 0 aromatic heterocycles. The fraction of sp³-hybridized carbons (Fsp3) is 0.625. The van der Waals surface area contributed by atoms with E-state index in [4.69, 9.17) is 11.6 Å². The van der Waals surface area contributed by atoms with Crippen LogP contribution in [0.3, 0.4) is 0 Å². The Hall–Kier alpha value is -1.29. The molecule has 2 aliphatic rings. The van der Waals surface area contributed by atoms with Crippen molar-refractivity contribution in [1.82, 2.24) is 0 Å². The summed E-state index contributed by atoms with van der Waals surface area (Å²) in [6.07, 6.45) is 6.44. The van der Waals surface area contributed by atoms with Crippen LogP contribution >= 0.6 is 11.6 Å². The van der Waals surface area contributed by atoms with Gasteiger partial charge >= 0.3 is 0 Å². The molecular weight excluding hydrogens is 288 g/mol. The summed E-state index contributed by atoms with van der Waals surface area (Å²) in [7, 11) is 0. The number of hydrogen-bond acceptors (Lipinski definition) is 3. The molecule has 3 rings (SSSR count). The zero-order chi connectivity index (χ0) is 14.8. The van der Waals surface area contributed by atoms with Crippen LogP contribution in [0, 0.1) is 22.0 Å². The Morgan fingerprint density at radius 3 is 2.71 bits per heavy atom. The number of nitro benzene ring substituents is 1. The molecule has 0 radical (unpaired) electrons. The van der Waals surface area contributed by atoms with Crippen molar-refractivity contribution in [1.29, 1.82) is 0 Å². The first-order chi connectivity index (χ1) is 10.2. The molecule has 1 aliphatic heterocycles. The second-order valence-electron chi connectivity index (χ2n) is 6.25. The molecule has 1 aliphatic carbocycles. The van der Waals surface area contributed by atoms with Crippen molar-refractivity contribution in [2.75, 3.05) is 18.0 Å². The number of fused-ring (bicyclic) bond motifs is 1. The maximum absolute atomic E-state index is 11.4. The number of halogens is 1. The summed E-state index contributed by atoms with van der Waals surface area (Å²) in [4.78, 5) is 13.3. The van der Waals surface area contributed by atoms with Gasteiger partial charge in [0.05, 0.1) is 4.92 Å². The summed E-state index contributed by atoms with van der Waals surface area (Å²) in [6.45, 7) is 1.90. The topological polar surface area (TPSA) is 46.4 Å². The number of nitrogens with zero attached hydrogens (tertiary/aromatic N) is 2. The Kier molecular flexibility index (Phi) is 4.34. The van der Waals surface area contributed by atoms with Crippen molar-refractivity contribution in [3.8, 4) is 0 Å². The predicted molar refractivity (Wildman–Crippen MR) is 84.9 cm³/mol. The Labute approximate surface area is 130 Å². The molecular formula is C16H21ClN2O2. The second kappa shape index (κ2) is 6.22. The third kappa shape index (κ3) is 3.00. The van der Waals surface area contributed by atoms with E-state index in [1.165, 1.54) is 32.1 Å². The van der Waals surface area contributed by atoms with Crippen LogP contribution in [0.1, 0.15) is 37.7 Å². The number of benzene rings is 1. The summed E-state index contributed by atoms with van der Waals surface area (Å²) in [6, 6.07) is 5.40. The quantitative estimate of drug-likeness (QED) is 0.474. The molecule has 2 atom stereocenters. The Bertz CT molecular complexity index is 535. The number of anilines is 1. The largest absolute Gasteiger partial charge is 0.366 e. The second-order valence-corrected chi connectivity index (χ2v) is 6.52. The lowest BCUT2D eigenvalue weighted by molar-refractivity contribution is -0.384. The van der Waals surface area contributed by atoms with Gasteiger partial charge in [0, 0.05) is 25.0 Å². The Balaban J connectivity index is 1.84. The SMILES string of the molecule is O=[N+]([O-])c1cc(CCl)ccc1N1CCC2CCCCC2C1. The van der Waals surface area contributed by atoms with E-state index in [2.05, 4.69) is 4.90 Å². The van der Waals surface area contributed by atoms with Gasteiger partial charge in [-0.25, -0.2) is 0 Å². The van der Waals surface area contributed by atoms with Gasteiger partial charge in [0.1, 0.15) is 5.69 Å². The van der Waals surface area contributed by atoms with Gasteiger partial charge in [-0.3, -0.25) is 10.1 Å². The molecule has 0 amide bonds. The zero-order valence-corrected chi connectivity index (χ0v) is 12.9. The van der Waals surface area contributed by atoms with E-state index in [1.54, 1.807) is 6.07 Å². The van der Waals surface area contributed by atoms with Crippen LogP contribution in [0.4, 0.5) is 11.4 Å². The molecule has 2 fully saturated rings. The van der Waals surface area contributed by atoms with E-state index in [-0.39, 0.29) is 10.6 Å². The average Bonchev–Trinajstić information content (AvgIpc) is 2.53. The minimum atomic E-state index is -0.279. The number of piperidine rings is 1. The van der Waals surface area contributed by atoms with Gasteiger partial charge in [-0.2, -0.15) is 0 Å². The molecule has 1 aromatic carbocycles. The van der Waals surface area contributed by atoms with Gasteiger partial charge in [0.25, 0.3) is 5.69 Å². The standard InChI is InChI=1S/C16H21ClN2O2/c17-10-12-5-6-15(16(9-12)19(20)21)18-8-7-13-3-1-2-4-14(13)11-18/h5-6,9,13-14H,1-4,7-8,10-11H2. The molecule has 21 heavy (non-hydrogen) atoms. The first-order valence-electron chi connectivity index (χ1n) is 7.77.